The molecule has 2 aromatic rings. The summed E-state index contributed by atoms with van der Waals surface area (Å²) in [6.07, 6.45) is 3.13. The number of esters is 1. The van der Waals surface area contributed by atoms with E-state index in [1.54, 1.807) is 30.3 Å². The van der Waals surface area contributed by atoms with Crippen LogP contribution in [0.4, 0.5) is 5.69 Å². The first-order chi connectivity index (χ1) is 14.0. The van der Waals surface area contributed by atoms with E-state index in [4.69, 9.17) is 4.74 Å². The molecule has 3 aliphatic rings. The standard InChI is InChI=1S/C24H23NO4/c1-13-4-3-5-19(14(13)2)29-24(28)15-8-10-18(11-9-15)25-22(26)20-16-6-7-17(12-16)21(20)23(25)27/h3-5,8-11,16-17,20-21H,6-7,12H2,1-2H3/t16-,17-,20-,21+/m0/s1. The van der Waals surface area contributed by atoms with Crippen molar-refractivity contribution in [3.63, 3.8) is 0 Å². The monoisotopic (exact) mass is 389 g/mol. The van der Waals surface area contributed by atoms with Crippen LogP contribution in [0.5, 0.6) is 5.75 Å². The van der Waals surface area contributed by atoms with Crippen molar-refractivity contribution in [2.24, 2.45) is 23.7 Å². The summed E-state index contributed by atoms with van der Waals surface area (Å²) in [5.41, 5.74) is 2.90. The van der Waals surface area contributed by atoms with Crippen molar-refractivity contribution in [3.05, 3.63) is 59.2 Å². The lowest BCUT2D eigenvalue weighted by atomic mass is 9.81. The van der Waals surface area contributed by atoms with E-state index in [0.717, 1.165) is 30.4 Å². The third kappa shape index (κ3) is 2.71. The lowest BCUT2D eigenvalue weighted by Gasteiger charge is -2.19. The Balaban J connectivity index is 1.35. The van der Waals surface area contributed by atoms with Crippen LogP contribution in [0.25, 0.3) is 0 Å². The molecule has 0 spiro atoms. The number of aryl methyl sites for hydroxylation is 1. The number of ether oxygens (including phenoxy) is 1. The van der Waals surface area contributed by atoms with Gasteiger partial charge in [0.05, 0.1) is 23.1 Å². The molecule has 29 heavy (non-hydrogen) atoms. The molecular formula is C24H23NO4. The van der Waals surface area contributed by atoms with Crippen LogP contribution in [0.1, 0.15) is 40.7 Å². The second kappa shape index (κ2) is 6.55. The van der Waals surface area contributed by atoms with Gasteiger partial charge in [0.15, 0.2) is 0 Å². The number of carbonyl (C=O) groups excluding carboxylic acids is 3. The minimum absolute atomic E-state index is 0.0714. The number of carbonyl (C=O) groups is 3. The van der Waals surface area contributed by atoms with Gasteiger partial charge in [0.1, 0.15) is 5.75 Å². The van der Waals surface area contributed by atoms with Crippen molar-refractivity contribution in [2.45, 2.75) is 33.1 Å². The summed E-state index contributed by atoms with van der Waals surface area (Å²) in [6.45, 7) is 3.88. The van der Waals surface area contributed by atoms with E-state index in [1.165, 1.54) is 4.90 Å². The number of fused-ring (bicyclic) bond motifs is 5. The number of hydrogen-bond acceptors (Lipinski definition) is 4. The average Bonchev–Trinajstić information content (AvgIpc) is 3.39. The van der Waals surface area contributed by atoms with Crippen molar-refractivity contribution >= 4 is 23.5 Å². The maximum Gasteiger partial charge on any atom is 0.343 e. The largest absolute Gasteiger partial charge is 0.423 e. The topological polar surface area (TPSA) is 63.7 Å². The highest BCUT2D eigenvalue weighted by Gasteiger charge is 2.61. The van der Waals surface area contributed by atoms with Crippen molar-refractivity contribution in [1.82, 2.24) is 0 Å². The molecule has 0 unspecified atom stereocenters. The highest BCUT2D eigenvalue weighted by atomic mass is 16.5. The number of imide groups is 1. The van der Waals surface area contributed by atoms with Gasteiger partial charge in [-0.05, 0) is 86.4 Å². The van der Waals surface area contributed by atoms with Crippen molar-refractivity contribution in [1.29, 1.82) is 0 Å². The Kier molecular flexibility index (Phi) is 4.09. The summed E-state index contributed by atoms with van der Waals surface area (Å²) in [7, 11) is 0. The van der Waals surface area contributed by atoms with Crippen molar-refractivity contribution in [2.75, 3.05) is 4.90 Å². The molecule has 2 saturated carbocycles. The smallest absolute Gasteiger partial charge is 0.343 e. The predicted molar refractivity (Wildman–Crippen MR) is 108 cm³/mol. The number of hydrogen-bond donors (Lipinski definition) is 0. The molecule has 5 nitrogen and oxygen atoms in total. The summed E-state index contributed by atoms with van der Waals surface area (Å²) in [6, 6.07) is 12.1. The third-order valence-electron chi connectivity index (χ3n) is 7.05. The number of nitrogens with zero attached hydrogens (tertiary/aromatic N) is 1. The third-order valence-corrected chi connectivity index (χ3v) is 7.05. The first-order valence-corrected chi connectivity index (χ1v) is 10.2. The second-order valence-corrected chi connectivity index (χ2v) is 8.53. The SMILES string of the molecule is Cc1cccc(OC(=O)c2ccc(N3C(=O)[C@@H]4[C@H]5CC[C@@H](C5)[C@@H]4C3=O)cc2)c1C. The lowest BCUT2D eigenvalue weighted by Crippen LogP contribution is -2.32. The molecule has 2 aliphatic carbocycles. The average molecular weight is 389 g/mol. The highest BCUT2D eigenvalue weighted by Crippen LogP contribution is 2.56. The van der Waals surface area contributed by atoms with Crippen molar-refractivity contribution < 1.29 is 19.1 Å². The molecule has 0 N–H and O–H groups in total. The Morgan fingerprint density at radius 1 is 0.931 bits per heavy atom. The van der Waals surface area contributed by atoms with Gasteiger partial charge in [-0.15, -0.1) is 0 Å². The van der Waals surface area contributed by atoms with Gasteiger partial charge >= 0.3 is 5.97 Å². The van der Waals surface area contributed by atoms with Crippen LogP contribution in [0, 0.1) is 37.5 Å². The van der Waals surface area contributed by atoms with Crippen LogP contribution in [0.15, 0.2) is 42.5 Å². The van der Waals surface area contributed by atoms with Crippen LogP contribution in [-0.2, 0) is 9.59 Å². The predicted octanol–water partition coefficient (Wildman–Crippen LogP) is 4.06. The van der Waals surface area contributed by atoms with Crippen LogP contribution >= 0.6 is 0 Å². The van der Waals surface area contributed by atoms with Gasteiger partial charge < -0.3 is 4.74 Å². The highest BCUT2D eigenvalue weighted by molar-refractivity contribution is 6.22. The van der Waals surface area contributed by atoms with Crippen LogP contribution in [0.3, 0.4) is 0 Å². The summed E-state index contributed by atoms with van der Waals surface area (Å²) < 4.78 is 5.53. The zero-order chi connectivity index (χ0) is 20.3. The minimum atomic E-state index is -0.459. The summed E-state index contributed by atoms with van der Waals surface area (Å²) in [5, 5.41) is 0. The Morgan fingerprint density at radius 2 is 1.55 bits per heavy atom. The number of amides is 2. The molecule has 2 bridgehead atoms. The molecule has 1 heterocycles. The Bertz CT molecular complexity index is 998. The Morgan fingerprint density at radius 3 is 2.17 bits per heavy atom. The lowest BCUT2D eigenvalue weighted by molar-refractivity contribution is -0.123. The molecule has 4 atom stereocenters. The maximum atomic E-state index is 12.9. The Labute approximate surface area is 169 Å². The van der Waals surface area contributed by atoms with E-state index in [2.05, 4.69) is 0 Å². The van der Waals surface area contributed by atoms with E-state index in [1.807, 2.05) is 26.0 Å². The van der Waals surface area contributed by atoms with E-state index < -0.39 is 5.97 Å². The first kappa shape index (κ1) is 18.1. The maximum absolute atomic E-state index is 12.9. The normalized spacial score (nSPS) is 27.4. The van der Waals surface area contributed by atoms with Gasteiger partial charge in [-0.25, -0.2) is 4.79 Å². The fourth-order valence-electron chi connectivity index (χ4n) is 5.40. The molecule has 1 aliphatic heterocycles. The van der Waals surface area contributed by atoms with Gasteiger partial charge in [0, 0.05) is 0 Å². The second-order valence-electron chi connectivity index (χ2n) is 8.53. The first-order valence-electron chi connectivity index (χ1n) is 10.2. The van der Waals surface area contributed by atoms with Gasteiger partial charge in [-0.3, -0.25) is 14.5 Å². The van der Waals surface area contributed by atoms with E-state index >= 15 is 0 Å². The number of rotatable bonds is 3. The molecule has 5 rings (SSSR count). The van der Waals surface area contributed by atoms with Gasteiger partial charge in [0.2, 0.25) is 11.8 Å². The Hall–Kier alpha value is -2.95. The van der Waals surface area contributed by atoms with Gasteiger partial charge in [0.25, 0.3) is 0 Å². The zero-order valence-electron chi connectivity index (χ0n) is 16.6. The quantitative estimate of drug-likeness (QED) is 0.451. The molecule has 1 saturated heterocycles. The minimum Gasteiger partial charge on any atom is -0.423 e. The summed E-state index contributed by atoms with van der Waals surface area (Å²) in [4.78, 5) is 39.7. The molecule has 2 amide bonds. The number of benzene rings is 2. The van der Waals surface area contributed by atoms with E-state index in [-0.39, 0.29) is 23.7 Å². The van der Waals surface area contributed by atoms with Gasteiger partial charge in [-0.1, -0.05) is 12.1 Å². The molecule has 0 aromatic heterocycles. The number of anilines is 1. The molecule has 148 valence electrons. The fourth-order valence-corrected chi connectivity index (χ4v) is 5.40. The molecule has 2 aromatic carbocycles. The van der Waals surface area contributed by atoms with Gasteiger partial charge in [-0.2, -0.15) is 0 Å². The molecule has 0 radical (unpaired) electrons. The fraction of sp³-hybridized carbons (Fsp3) is 0.375. The molecule has 5 heteroatoms. The van der Waals surface area contributed by atoms with E-state index in [0.29, 0.717) is 28.8 Å². The van der Waals surface area contributed by atoms with Crippen LogP contribution < -0.4 is 9.64 Å². The van der Waals surface area contributed by atoms with E-state index in [9.17, 15) is 14.4 Å². The van der Waals surface area contributed by atoms with Crippen LogP contribution in [0.2, 0.25) is 0 Å². The summed E-state index contributed by atoms with van der Waals surface area (Å²) in [5.74, 6) is 0.365. The van der Waals surface area contributed by atoms with Crippen LogP contribution in [-0.4, -0.2) is 17.8 Å². The zero-order valence-corrected chi connectivity index (χ0v) is 16.6. The molecule has 3 fully saturated rings. The molecular weight excluding hydrogens is 366 g/mol. The van der Waals surface area contributed by atoms with Crippen molar-refractivity contribution in [3.8, 4) is 5.75 Å². The summed E-state index contributed by atoms with van der Waals surface area (Å²) >= 11 is 0.